The predicted octanol–water partition coefficient (Wildman–Crippen LogP) is 1.73. The van der Waals surface area contributed by atoms with Crippen molar-refractivity contribution in [2.24, 2.45) is 0 Å². The molecule has 0 amide bonds. The minimum atomic E-state index is -0.426. The van der Waals surface area contributed by atoms with Crippen LogP contribution in [0.1, 0.15) is 0 Å². The van der Waals surface area contributed by atoms with E-state index in [1.165, 1.54) is 18.2 Å². The van der Waals surface area contributed by atoms with Crippen molar-refractivity contribution in [2.45, 2.75) is 0 Å². The van der Waals surface area contributed by atoms with Gasteiger partial charge in [-0.2, -0.15) is 0 Å². The van der Waals surface area contributed by atoms with Crippen LogP contribution in [0, 0.1) is 12.1 Å². The first kappa shape index (κ1) is 7.03. The van der Waals surface area contributed by atoms with Crippen LogP contribution in [0.3, 0.4) is 0 Å². The van der Waals surface area contributed by atoms with Crippen molar-refractivity contribution in [1.82, 2.24) is 0 Å². The minimum Gasteiger partial charge on any atom is -0.452 e. The molecule has 1 aromatic heterocycles. The molecule has 0 aliphatic rings. The van der Waals surface area contributed by atoms with E-state index in [0.29, 0.717) is 5.39 Å². The summed E-state index contributed by atoms with van der Waals surface area (Å²) in [5.74, 6) is -0.426. The molecule has 0 spiro atoms. The van der Waals surface area contributed by atoms with Crippen LogP contribution in [0.2, 0.25) is 0 Å². The summed E-state index contributed by atoms with van der Waals surface area (Å²) >= 11 is 0. The number of fused-ring (bicyclic) bond motifs is 1. The van der Waals surface area contributed by atoms with Crippen molar-refractivity contribution in [2.75, 3.05) is 0 Å². The fourth-order valence-electron chi connectivity index (χ4n) is 1.01. The van der Waals surface area contributed by atoms with Crippen molar-refractivity contribution >= 4 is 11.0 Å². The zero-order valence-corrected chi connectivity index (χ0v) is 6.00. The summed E-state index contributed by atoms with van der Waals surface area (Å²) in [6, 6.07) is 4.96. The summed E-state index contributed by atoms with van der Waals surface area (Å²) in [4.78, 5) is 11.1. The first-order chi connectivity index (χ1) is 5.77. The molecule has 0 aliphatic heterocycles. The van der Waals surface area contributed by atoms with E-state index in [2.05, 4.69) is 6.26 Å². The lowest BCUT2D eigenvalue weighted by Gasteiger charge is -1.92. The van der Waals surface area contributed by atoms with E-state index >= 15 is 0 Å². The largest absolute Gasteiger partial charge is 0.452 e. The van der Waals surface area contributed by atoms with Crippen LogP contribution in [0.15, 0.2) is 33.5 Å². The zero-order chi connectivity index (χ0) is 8.55. The average Bonchev–Trinajstić information content (AvgIpc) is 2.04. The Bertz CT molecular complexity index is 473. The molecule has 2 nitrogen and oxygen atoms in total. The van der Waals surface area contributed by atoms with Crippen molar-refractivity contribution < 1.29 is 8.81 Å². The third kappa shape index (κ3) is 0.993. The highest BCUT2D eigenvalue weighted by Crippen LogP contribution is 2.10. The Morgan fingerprint density at radius 3 is 3.08 bits per heavy atom. The molecule has 0 saturated heterocycles. The summed E-state index contributed by atoms with van der Waals surface area (Å²) in [7, 11) is 0. The molecule has 0 saturated carbocycles. The zero-order valence-electron chi connectivity index (χ0n) is 6.00. The van der Waals surface area contributed by atoms with Gasteiger partial charge in [-0.1, -0.05) is 0 Å². The first-order valence-corrected chi connectivity index (χ1v) is 3.37. The van der Waals surface area contributed by atoms with E-state index < -0.39 is 5.82 Å². The predicted molar refractivity (Wildman–Crippen MR) is 41.3 cm³/mol. The molecular formula is C9H4FO2. The summed E-state index contributed by atoms with van der Waals surface area (Å²) in [6.07, 6.45) is 2.28. The Labute approximate surface area is 67.2 Å². The highest BCUT2D eigenvalue weighted by molar-refractivity contribution is 5.75. The van der Waals surface area contributed by atoms with Gasteiger partial charge in [0, 0.05) is 12.1 Å². The molecule has 1 heterocycles. The molecule has 1 radical (unpaired) electrons. The monoisotopic (exact) mass is 163 g/mol. The highest BCUT2D eigenvalue weighted by Gasteiger charge is 2.00. The molecule has 2 rings (SSSR count). The highest BCUT2D eigenvalue weighted by atomic mass is 19.1. The van der Waals surface area contributed by atoms with Gasteiger partial charge < -0.3 is 4.42 Å². The van der Waals surface area contributed by atoms with Gasteiger partial charge in [0.05, 0.1) is 5.39 Å². The van der Waals surface area contributed by atoms with Crippen LogP contribution in [-0.4, -0.2) is 0 Å². The van der Waals surface area contributed by atoms with Crippen molar-refractivity contribution in [1.29, 1.82) is 0 Å². The van der Waals surface area contributed by atoms with Crippen molar-refractivity contribution in [3.8, 4) is 0 Å². The summed E-state index contributed by atoms with van der Waals surface area (Å²) in [5, 5.41) is 0.371. The van der Waals surface area contributed by atoms with Crippen LogP contribution >= 0.6 is 0 Å². The summed E-state index contributed by atoms with van der Waals surface area (Å²) < 4.78 is 17.4. The SMILES string of the molecule is O=c1c[c]oc2cc(F)ccc12. The van der Waals surface area contributed by atoms with E-state index in [1.54, 1.807) is 0 Å². The molecule has 0 atom stereocenters. The molecule has 3 heteroatoms. The molecule has 0 fully saturated rings. The number of hydrogen-bond acceptors (Lipinski definition) is 2. The second-order valence-electron chi connectivity index (χ2n) is 2.37. The van der Waals surface area contributed by atoms with Crippen LogP contribution in [0.4, 0.5) is 4.39 Å². The Morgan fingerprint density at radius 1 is 1.42 bits per heavy atom. The number of rotatable bonds is 0. The van der Waals surface area contributed by atoms with Gasteiger partial charge in [0.2, 0.25) is 0 Å². The lowest BCUT2D eigenvalue weighted by atomic mass is 10.2. The molecule has 0 aliphatic carbocycles. The minimum absolute atomic E-state index is 0.212. The van der Waals surface area contributed by atoms with Gasteiger partial charge in [0.25, 0.3) is 0 Å². The van der Waals surface area contributed by atoms with Gasteiger partial charge in [-0.25, -0.2) is 4.39 Å². The lowest BCUT2D eigenvalue weighted by Crippen LogP contribution is -1.97. The fraction of sp³-hybridized carbons (Fsp3) is 0. The topological polar surface area (TPSA) is 30.2 Å². The maximum absolute atomic E-state index is 12.6. The van der Waals surface area contributed by atoms with Crippen LogP contribution in [0.5, 0.6) is 0 Å². The van der Waals surface area contributed by atoms with Gasteiger partial charge >= 0.3 is 0 Å². The second-order valence-corrected chi connectivity index (χ2v) is 2.37. The summed E-state index contributed by atoms with van der Waals surface area (Å²) in [5.41, 5.74) is 0.0127. The molecule has 59 valence electrons. The van der Waals surface area contributed by atoms with Gasteiger partial charge in [0.15, 0.2) is 11.7 Å². The van der Waals surface area contributed by atoms with Crippen LogP contribution in [0.25, 0.3) is 11.0 Å². The fourth-order valence-corrected chi connectivity index (χ4v) is 1.01. The number of halogens is 1. The Morgan fingerprint density at radius 2 is 2.25 bits per heavy atom. The molecule has 2 aromatic rings. The van der Waals surface area contributed by atoms with Gasteiger partial charge in [-0.05, 0) is 12.1 Å². The first-order valence-electron chi connectivity index (χ1n) is 3.37. The standard InChI is InChI=1S/C9H4FO2/c10-6-1-2-7-8(11)3-4-12-9(7)5-6/h1-3,5H. The van der Waals surface area contributed by atoms with Crippen molar-refractivity contribution in [3.05, 3.63) is 46.6 Å². The molecule has 0 bridgehead atoms. The van der Waals surface area contributed by atoms with E-state index in [-0.39, 0.29) is 11.0 Å². The van der Waals surface area contributed by atoms with E-state index in [9.17, 15) is 9.18 Å². The van der Waals surface area contributed by atoms with E-state index in [4.69, 9.17) is 4.42 Å². The quantitative estimate of drug-likeness (QED) is 0.592. The Kier molecular flexibility index (Phi) is 1.43. The Hall–Kier alpha value is -1.64. The van der Waals surface area contributed by atoms with Gasteiger partial charge in [-0.3, -0.25) is 4.79 Å². The number of benzene rings is 1. The molecular weight excluding hydrogens is 159 g/mol. The smallest absolute Gasteiger partial charge is 0.193 e. The maximum atomic E-state index is 12.6. The van der Waals surface area contributed by atoms with E-state index in [1.807, 2.05) is 0 Å². The number of hydrogen-bond donors (Lipinski definition) is 0. The third-order valence-corrected chi connectivity index (χ3v) is 1.57. The lowest BCUT2D eigenvalue weighted by molar-refractivity contribution is 0.580. The normalized spacial score (nSPS) is 10.4. The average molecular weight is 163 g/mol. The van der Waals surface area contributed by atoms with Crippen LogP contribution in [-0.2, 0) is 0 Å². The summed E-state index contributed by atoms with van der Waals surface area (Å²) in [6.45, 7) is 0. The molecule has 12 heavy (non-hydrogen) atoms. The molecule has 0 N–H and O–H groups in total. The third-order valence-electron chi connectivity index (χ3n) is 1.57. The molecule has 0 unspecified atom stereocenters. The van der Waals surface area contributed by atoms with Crippen LogP contribution < -0.4 is 5.43 Å². The van der Waals surface area contributed by atoms with E-state index in [0.717, 1.165) is 6.07 Å². The Balaban J connectivity index is 2.96. The van der Waals surface area contributed by atoms with Gasteiger partial charge in [0.1, 0.15) is 11.4 Å². The van der Waals surface area contributed by atoms with Gasteiger partial charge in [-0.15, -0.1) is 0 Å². The van der Waals surface area contributed by atoms with Crippen molar-refractivity contribution in [3.63, 3.8) is 0 Å². The maximum Gasteiger partial charge on any atom is 0.193 e. The second kappa shape index (κ2) is 2.44. The molecule has 1 aromatic carbocycles.